The van der Waals surface area contributed by atoms with Gasteiger partial charge in [0.25, 0.3) is 0 Å². The second kappa shape index (κ2) is 8.88. The maximum absolute atomic E-state index is 12.9. The first-order valence-corrected chi connectivity index (χ1v) is 11.0. The summed E-state index contributed by atoms with van der Waals surface area (Å²) in [4.78, 5) is 39.5. The van der Waals surface area contributed by atoms with E-state index in [0.717, 1.165) is 11.3 Å². The van der Waals surface area contributed by atoms with E-state index in [0.29, 0.717) is 36.0 Å². The van der Waals surface area contributed by atoms with Gasteiger partial charge in [0.15, 0.2) is 11.5 Å². The number of ether oxygens (including phenoxy) is 3. The van der Waals surface area contributed by atoms with Crippen molar-refractivity contribution < 1.29 is 28.6 Å². The Morgan fingerprint density at radius 1 is 1.31 bits per heavy atom. The lowest BCUT2D eigenvalue weighted by Crippen LogP contribution is -2.28. The van der Waals surface area contributed by atoms with Crippen LogP contribution in [-0.2, 0) is 14.3 Å². The van der Waals surface area contributed by atoms with Crippen molar-refractivity contribution in [2.75, 3.05) is 36.6 Å². The molecule has 2 aromatic rings. The van der Waals surface area contributed by atoms with E-state index in [4.69, 9.17) is 14.2 Å². The molecule has 1 N–H and O–H groups in total. The number of nitrogens with one attached hydrogen (secondary N) is 1. The number of nitriles is 1. The van der Waals surface area contributed by atoms with Gasteiger partial charge in [0.2, 0.25) is 11.8 Å². The first-order chi connectivity index (χ1) is 15.4. The van der Waals surface area contributed by atoms with Crippen LogP contribution >= 0.6 is 11.3 Å². The van der Waals surface area contributed by atoms with Crippen LogP contribution in [0.15, 0.2) is 18.2 Å². The summed E-state index contributed by atoms with van der Waals surface area (Å²) in [5.41, 5.74) is 1.31. The average Bonchev–Trinajstić information content (AvgIpc) is 3.33. The SMILES string of the molecule is CCOC(=O)c1sc(NC(=O)C2CC(=O)N(c3ccc4c(c3)OCCO4)C2)c(C#N)c1C. The number of thiophene rings is 1. The monoisotopic (exact) mass is 455 g/mol. The number of rotatable bonds is 5. The van der Waals surface area contributed by atoms with Crippen LogP contribution < -0.4 is 19.7 Å². The number of benzene rings is 1. The highest BCUT2D eigenvalue weighted by Crippen LogP contribution is 2.37. The van der Waals surface area contributed by atoms with Crippen LogP contribution in [0.2, 0.25) is 0 Å². The van der Waals surface area contributed by atoms with Crippen LogP contribution in [0.25, 0.3) is 0 Å². The molecule has 3 heterocycles. The first-order valence-electron chi connectivity index (χ1n) is 10.1. The van der Waals surface area contributed by atoms with E-state index in [2.05, 4.69) is 5.32 Å². The molecule has 1 fully saturated rings. The number of carbonyl (C=O) groups excluding carboxylic acids is 3. The summed E-state index contributed by atoms with van der Waals surface area (Å²) in [6, 6.07) is 7.27. The van der Waals surface area contributed by atoms with Crippen molar-refractivity contribution in [3.8, 4) is 17.6 Å². The van der Waals surface area contributed by atoms with Crippen LogP contribution in [0, 0.1) is 24.2 Å². The van der Waals surface area contributed by atoms with Gasteiger partial charge in [0.1, 0.15) is 29.2 Å². The van der Waals surface area contributed by atoms with E-state index in [1.807, 2.05) is 6.07 Å². The molecule has 9 nitrogen and oxygen atoms in total. The Morgan fingerprint density at radius 2 is 2.06 bits per heavy atom. The van der Waals surface area contributed by atoms with Crippen molar-refractivity contribution in [2.45, 2.75) is 20.3 Å². The fraction of sp³-hybridized carbons (Fsp3) is 0.364. The molecule has 1 atom stereocenters. The minimum atomic E-state index is -0.601. The average molecular weight is 455 g/mol. The number of amides is 2. The third-order valence-electron chi connectivity index (χ3n) is 5.29. The molecule has 0 bridgehead atoms. The van der Waals surface area contributed by atoms with Gasteiger partial charge in [0, 0.05) is 24.7 Å². The van der Waals surface area contributed by atoms with Gasteiger partial charge in [-0.3, -0.25) is 9.59 Å². The molecule has 4 rings (SSSR count). The molecule has 0 radical (unpaired) electrons. The van der Waals surface area contributed by atoms with Gasteiger partial charge in [-0.2, -0.15) is 5.26 Å². The van der Waals surface area contributed by atoms with E-state index in [9.17, 15) is 19.6 Å². The molecular formula is C22H21N3O6S. The smallest absolute Gasteiger partial charge is 0.348 e. The van der Waals surface area contributed by atoms with Crippen LogP contribution in [0.3, 0.4) is 0 Å². The predicted molar refractivity (Wildman–Crippen MR) is 116 cm³/mol. The summed E-state index contributed by atoms with van der Waals surface area (Å²) in [5.74, 6) is -0.518. The summed E-state index contributed by atoms with van der Waals surface area (Å²) in [7, 11) is 0. The largest absolute Gasteiger partial charge is 0.486 e. The number of hydrogen-bond donors (Lipinski definition) is 1. The molecule has 32 heavy (non-hydrogen) atoms. The third kappa shape index (κ3) is 3.99. The Bertz CT molecular complexity index is 1140. The lowest BCUT2D eigenvalue weighted by atomic mass is 10.1. The molecule has 0 aliphatic carbocycles. The molecule has 1 aromatic carbocycles. The van der Waals surface area contributed by atoms with Crippen LogP contribution in [0.5, 0.6) is 11.5 Å². The molecule has 1 unspecified atom stereocenters. The van der Waals surface area contributed by atoms with Crippen LogP contribution in [0.1, 0.15) is 34.1 Å². The Labute approximate surface area is 188 Å². The summed E-state index contributed by atoms with van der Waals surface area (Å²) >= 11 is 1.00. The minimum absolute atomic E-state index is 0.0389. The van der Waals surface area contributed by atoms with Crippen molar-refractivity contribution in [3.05, 3.63) is 34.2 Å². The lowest BCUT2D eigenvalue weighted by molar-refractivity contribution is -0.122. The lowest BCUT2D eigenvalue weighted by Gasteiger charge is -2.22. The molecule has 1 aromatic heterocycles. The van der Waals surface area contributed by atoms with Crippen molar-refractivity contribution in [3.63, 3.8) is 0 Å². The fourth-order valence-electron chi connectivity index (χ4n) is 3.67. The van der Waals surface area contributed by atoms with E-state index < -0.39 is 11.9 Å². The highest BCUT2D eigenvalue weighted by atomic mass is 32.1. The Kier molecular flexibility index (Phi) is 6.01. The van der Waals surface area contributed by atoms with Crippen LogP contribution in [-0.4, -0.2) is 44.1 Å². The summed E-state index contributed by atoms with van der Waals surface area (Å²) in [5, 5.41) is 12.5. The third-order valence-corrected chi connectivity index (χ3v) is 6.48. The topological polar surface area (TPSA) is 118 Å². The molecule has 2 amide bonds. The van der Waals surface area contributed by atoms with Crippen molar-refractivity contribution in [1.82, 2.24) is 0 Å². The number of anilines is 2. The van der Waals surface area contributed by atoms with Gasteiger partial charge in [-0.05, 0) is 31.5 Å². The number of esters is 1. The van der Waals surface area contributed by atoms with Gasteiger partial charge < -0.3 is 24.4 Å². The standard InChI is InChI=1S/C22H21N3O6S/c1-3-29-22(28)19-12(2)15(10-23)21(32-19)24-20(27)13-8-18(26)25(11-13)14-4-5-16-17(9-14)31-7-6-30-16/h4-5,9,13H,3,6-8,11H2,1-2H3,(H,24,27). The fourth-order valence-corrected chi connectivity index (χ4v) is 4.73. The zero-order valence-corrected chi connectivity index (χ0v) is 18.4. The molecule has 166 valence electrons. The maximum atomic E-state index is 12.9. The summed E-state index contributed by atoms with van der Waals surface area (Å²) < 4.78 is 16.1. The second-order valence-corrected chi connectivity index (χ2v) is 8.34. The van der Waals surface area contributed by atoms with E-state index in [-0.39, 0.29) is 46.8 Å². The Balaban J connectivity index is 1.50. The van der Waals surface area contributed by atoms with Crippen molar-refractivity contribution >= 4 is 39.8 Å². The molecule has 2 aliphatic heterocycles. The second-order valence-electron chi connectivity index (χ2n) is 7.32. The molecule has 10 heteroatoms. The van der Waals surface area contributed by atoms with Crippen LogP contribution in [0.4, 0.5) is 10.7 Å². The van der Waals surface area contributed by atoms with Crippen molar-refractivity contribution in [2.24, 2.45) is 5.92 Å². The summed E-state index contributed by atoms with van der Waals surface area (Å²) in [6.45, 7) is 4.65. The van der Waals surface area contributed by atoms with Gasteiger partial charge in [-0.15, -0.1) is 11.3 Å². The predicted octanol–water partition coefficient (Wildman–Crippen LogP) is 2.87. The van der Waals surface area contributed by atoms with E-state index in [1.54, 1.807) is 32.0 Å². The Hall–Kier alpha value is -3.58. The van der Waals surface area contributed by atoms with Gasteiger partial charge in [-0.25, -0.2) is 4.79 Å². The number of nitrogens with zero attached hydrogens (tertiary/aromatic N) is 2. The molecule has 0 saturated carbocycles. The quantitative estimate of drug-likeness (QED) is 0.689. The molecular weight excluding hydrogens is 434 g/mol. The van der Waals surface area contributed by atoms with Gasteiger partial charge >= 0.3 is 5.97 Å². The van der Waals surface area contributed by atoms with Gasteiger partial charge in [0.05, 0.1) is 18.1 Å². The summed E-state index contributed by atoms with van der Waals surface area (Å²) in [6.07, 6.45) is 0.0389. The number of fused-ring (bicyclic) bond motifs is 1. The molecule has 1 saturated heterocycles. The molecule has 2 aliphatic rings. The van der Waals surface area contributed by atoms with Crippen molar-refractivity contribution in [1.29, 1.82) is 5.26 Å². The van der Waals surface area contributed by atoms with E-state index >= 15 is 0 Å². The Morgan fingerprint density at radius 3 is 2.78 bits per heavy atom. The normalized spacial score (nSPS) is 17.1. The number of hydrogen-bond acceptors (Lipinski definition) is 8. The highest BCUT2D eigenvalue weighted by molar-refractivity contribution is 7.18. The highest BCUT2D eigenvalue weighted by Gasteiger charge is 2.36. The zero-order chi connectivity index (χ0) is 22.8. The number of carbonyl (C=O) groups is 3. The van der Waals surface area contributed by atoms with E-state index in [1.165, 1.54) is 4.90 Å². The van der Waals surface area contributed by atoms with Gasteiger partial charge in [-0.1, -0.05) is 0 Å². The zero-order valence-electron chi connectivity index (χ0n) is 17.6. The molecule has 0 spiro atoms. The first kappa shape index (κ1) is 21.6. The maximum Gasteiger partial charge on any atom is 0.348 e. The minimum Gasteiger partial charge on any atom is -0.486 e.